The summed E-state index contributed by atoms with van der Waals surface area (Å²) in [6.45, 7) is 11.0. The molecule has 2 amide bonds. The van der Waals surface area contributed by atoms with Gasteiger partial charge in [-0.15, -0.1) is 0 Å². The zero-order chi connectivity index (χ0) is 26.7. The van der Waals surface area contributed by atoms with E-state index in [-0.39, 0.29) is 35.2 Å². The first-order valence-electron chi connectivity index (χ1n) is 12.9. The molecule has 2 aliphatic rings. The third kappa shape index (κ3) is 4.75. The Morgan fingerprint density at radius 1 is 1.11 bits per heavy atom. The molecule has 5 rings (SSSR count). The van der Waals surface area contributed by atoms with Gasteiger partial charge in [0.1, 0.15) is 11.3 Å². The van der Waals surface area contributed by atoms with Crippen LogP contribution < -0.4 is 0 Å². The van der Waals surface area contributed by atoms with Gasteiger partial charge in [-0.2, -0.15) is 0 Å². The number of amides is 2. The van der Waals surface area contributed by atoms with E-state index in [1.807, 2.05) is 38.7 Å². The van der Waals surface area contributed by atoms with Crippen molar-refractivity contribution in [3.05, 3.63) is 53.5 Å². The highest BCUT2D eigenvalue weighted by atomic mass is 19.1. The zero-order valence-corrected chi connectivity index (χ0v) is 22.0. The number of piperazine rings is 1. The Balaban J connectivity index is 1.40. The standard InChI is InChI=1S/C29H34FN3O4/c1-17(2)21-12-22(18-6-8-20(30)9-7-18)31-23-13-24(37-25(21)23)27(35)33-11-10-32(16-28(33,3)4)26(34)19-14-29(5,36)15-19/h6-9,12-13,17,19,36H,10-11,14-16H2,1-5H3/t19-,29+. The van der Waals surface area contributed by atoms with Gasteiger partial charge in [-0.1, -0.05) is 13.8 Å². The first-order valence-corrected chi connectivity index (χ1v) is 12.9. The van der Waals surface area contributed by atoms with Crippen molar-refractivity contribution in [1.82, 2.24) is 14.8 Å². The molecule has 0 bridgehead atoms. The van der Waals surface area contributed by atoms with E-state index in [1.54, 1.807) is 30.0 Å². The van der Waals surface area contributed by atoms with Crippen molar-refractivity contribution in [1.29, 1.82) is 0 Å². The molecule has 1 saturated heterocycles. The SMILES string of the molecule is CC(C)c1cc(-c2ccc(F)cc2)nc2cc(C(=O)N3CCN(C(=O)[C@H]4C[C@@](C)(O)C4)CC3(C)C)oc12. The fraction of sp³-hybridized carbons (Fsp3) is 0.483. The molecule has 7 nitrogen and oxygen atoms in total. The van der Waals surface area contributed by atoms with Crippen LogP contribution in [0.5, 0.6) is 0 Å². The lowest BCUT2D eigenvalue weighted by atomic mass is 9.71. The maximum Gasteiger partial charge on any atom is 0.290 e. The molecule has 2 fully saturated rings. The molecule has 1 saturated carbocycles. The topological polar surface area (TPSA) is 86.9 Å². The molecule has 0 atom stereocenters. The van der Waals surface area contributed by atoms with Crippen molar-refractivity contribution in [2.24, 2.45) is 5.92 Å². The quantitative estimate of drug-likeness (QED) is 0.538. The maximum absolute atomic E-state index is 13.6. The minimum absolute atomic E-state index is 0.0505. The summed E-state index contributed by atoms with van der Waals surface area (Å²) in [6, 6.07) is 9.80. The van der Waals surface area contributed by atoms with E-state index in [4.69, 9.17) is 9.40 Å². The number of nitrogens with zero attached hydrogens (tertiary/aromatic N) is 3. The van der Waals surface area contributed by atoms with Crippen LogP contribution in [-0.4, -0.2) is 62.5 Å². The first-order chi connectivity index (χ1) is 17.3. The summed E-state index contributed by atoms with van der Waals surface area (Å²) < 4.78 is 19.6. The van der Waals surface area contributed by atoms with Crippen LogP contribution in [0.15, 0.2) is 40.8 Å². The summed E-state index contributed by atoms with van der Waals surface area (Å²) in [6.07, 6.45) is 0.963. The Morgan fingerprint density at radius 2 is 1.78 bits per heavy atom. The van der Waals surface area contributed by atoms with Crippen molar-refractivity contribution in [2.75, 3.05) is 19.6 Å². The Bertz CT molecular complexity index is 1350. The average molecular weight is 508 g/mol. The normalized spacial score (nSPS) is 23.4. The molecule has 1 N–H and O–H groups in total. The molecule has 1 aliphatic heterocycles. The minimum atomic E-state index is -0.756. The van der Waals surface area contributed by atoms with Gasteiger partial charge in [0.15, 0.2) is 11.3 Å². The van der Waals surface area contributed by atoms with Crippen LogP contribution in [0.25, 0.3) is 22.4 Å². The van der Waals surface area contributed by atoms with Gasteiger partial charge in [-0.3, -0.25) is 9.59 Å². The van der Waals surface area contributed by atoms with Crippen molar-refractivity contribution >= 4 is 22.9 Å². The average Bonchev–Trinajstić information content (AvgIpc) is 3.25. The number of rotatable bonds is 4. The molecule has 196 valence electrons. The third-order valence-electron chi connectivity index (χ3n) is 7.66. The molecule has 0 spiro atoms. The van der Waals surface area contributed by atoms with E-state index < -0.39 is 11.1 Å². The Kier molecular flexibility index (Phi) is 6.14. The second kappa shape index (κ2) is 8.94. The van der Waals surface area contributed by atoms with Gasteiger partial charge in [0.2, 0.25) is 5.91 Å². The highest BCUT2D eigenvalue weighted by Crippen LogP contribution is 2.39. The molecule has 0 unspecified atom stereocenters. The van der Waals surface area contributed by atoms with Gasteiger partial charge < -0.3 is 19.3 Å². The molecule has 3 aromatic rings. The summed E-state index contributed by atoms with van der Waals surface area (Å²) in [5, 5.41) is 10.0. The van der Waals surface area contributed by atoms with E-state index in [0.717, 1.165) is 11.1 Å². The van der Waals surface area contributed by atoms with Crippen LogP contribution in [0.3, 0.4) is 0 Å². The van der Waals surface area contributed by atoms with E-state index in [9.17, 15) is 19.1 Å². The number of aliphatic hydroxyl groups is 1. The molecule has 2 aromatic heterocycles. The monoisotopic (exact) mass is 507 g/mol. The number of furan rings is 1. The summed E-state index contributed by atoms with van der Waals surface area (Å²) in [5.74, 6) is -0.316. The van der Waals surface area contributed by atoms with Gasteiger partial charge in [-0.05, 0) is 69.9 Å². The Hall–Kier alpha value is -3.26. The van der Waals surface area contributed by atoms with Crippen LogP contribution in [-0.2, 0) is 4.79 Å². The summed E-state index contributed by atoms with van der Waals surface area (Å²) in [5.41, 5.74) is 2.21. The Morgan fingerprint density at radius 3 is 2.38 bits per heavy atom. The van der Waals surface area contributed by atoms with Crippen molar-refractivity contribution in [3.63, 3.8) is 0 Å². The molecular formula is C29H34FN3O4. The molecule has 1 aliphatic carbocycles. The largest absolute Gasteiger partial charge is 0.449 e. The van der Waals surface area contributed by atoms with E-state index in [2.05, 4.69) is 0 Å². The zero-order valence-electron chi connectivity index (χ0n) is 22.0. The highest BCUT2D eigenvalue weighted by molar-refractivity contribution is 5.97. The fourth-order valence-electron chi connectivity index (χ4n) is 5.64. The lowest BCUT2D eigenvalue weighted by Crippen LogP contribution is -2.63. The highest BCUT2D eigenvalue weighted by Gasteiger charge is 2.47. The van der Waals surface area contributed by atoms with Crippen LogP contribution in [0, 0.1) is 11.7 Å². The van der Waals surface area contributed by atoms with Crippen molar-refractivity contribution in [2.45, 2.75) is 64.5 Å². The van der Waals surface area contributed by atoms with Gasteiger partial charge in [-0.25, -0.2) is 9.37 Å². The molecule has 3 heterocycles. The number of benzene rings is 1. The van der Waals surface area contributed by atoms with E-state index in [1.165, 1.54) is 12.1 Å². The minimum Gasteiger partial charge on any atom is -0.449 e. The first kappa shape index (κ1) is 25.4. The lowest BCUT2D eigenvalue weighted by Gasteiger charge is -2.49. The smallest absolute Gasteiger partial charge is 0.290 e. The van der Waals surface area contributed by atoms with Gasteiger partial charge in [0.05, 0.1) is 16.8 Å². The van der Waals surface area contributed by atoms with Crippen molar-refractivity contribution < 1.29 is 23.5 Å². The predicted molar refractivity (Wildman–Crippen MR) is 139 cm³/mol. The molecule has 8 heteroatoms. The number of hydrogen-bond acceptors (Lipinski definition) is 5. The van der Waals surface area contributed by atoms with E-state index in [0.29, 0.717) is 49.3 Å². The lowest BCUT2D eigenvalue weighted by molar-refractivity contribution is -0.153. The number of fused-ring (bicyclic) bond motifs is 1. The van der Waals surface area contributed by atoms with Crippen LogP contribution in [0.4, 0.5) is 4.39 Å². The molecular weight excluding hydrogens is 473 g/mol. The fourth-order valence-corrected chi connectivity index (χ4v) is 5.64. The maximum atomic E-state index is 13.6. The second-order valence-electron chi connectivity index (χ2n) is 11.7. The summed E-state index contributed by atoms with van der Waals surface area (Å²) in [7, 11) is 0. The van der Waals surface area contributed by atoms with Gasteiger partial charge in [0, 0.05) is 42.7 Å². The number of carbonyl (C=O) groups is 2. The van der Waals surface area contributed by atoms with E-state index >= 15 is 0 Å². The van der Waals surface area contributed by atoms with Crippen molar-refractivity contribution in [3.8, 4) is 11.3 Å². The number of halogens is 1. The summed E-state index contributed by atoms with van der Waals surface area (Å²) >= 11 is 0. The third-order valence-corrected chi connectivity index (χ3v) is 7.66. The predicted octanol–water partition coefficient (Wildman–Crippen LogP) is 4.98. The molecule has 1 aromatic carbocycles. The van der Waals surface area contributed by atoms with Crippen LogP contribution >= 0.6 is 0 Å². The number of carbonyl (C=O) groups excluding carboxylic acids is 2. The van der Waals surface area contributed by atoms with Crippen LogP contribution in [0.2, 0.25) is 0 Å². The number of hydrogen-bond donors (Lipinski definition) is 1. The molecule has 37 heavy (non-hydrogen) atoms. The number of aromatic nitrogens is 1. The van der Waals surface area contributed by atoms with Gasteiger partial charge in [0.25, 0.3) is 5.91 Å². The second-order valence-corrected chi connectivity index (χ2v) is 11.7. The van der Waals surface area contributed by atoms with Gasteiger partial charge >= 0.3 is 0 Å². The Labute approximate surface area is 216 Å². The van der Waals surface area contributed by atoms with Crippen LogP contribution in [0.1, 0.15) is 69.5 Å². The molecule has 0 radical (unpaired) electrons. The number of pyridine rings is 1. The summed E-state index contributed by atoms with van der Waals surface area (Å²) in [4.78, 5) is 34.9.